The lowest BCUT2D eigenvalue weighted by molar-refractivity contribution is 0.317. The standard InChI is InChI=1S/C5H9O3PS3/c6-9(7,10)8-5-3-11-1-2-12-4-5/h3H,1-2,4H2,(H2,6,7,10). The molecule has 0 unspecified atom stereocenters. The zero-order chi connectivity index (χ0) is 9.03. The molecule has 7 heteroatoms. The molecule has 0 amide bonds. The third kappa shape index (κ3) is 4.74. The van der Waals surface area contributed by atoms with Crippen molar-refractivity contribution in [3.8, 4) is 0 Å². The van der Waals surface area contributed by atoms with Gasteiger partial charge in [-0.15, -0.1) is 11.8 Å². The lowest BCUT2D eigenvalue weighted by Gasteiger charge is -2.11. The Bertz CT molecular complexity index is 224. The number of rotatable bonds is 2. The second-order valence-corrected chi connectivity index (χ2v) is 6.76. The van der Waals surface area contributed by atoms with Crippen molar-refractivity contribution in [1.82, 2.24) is 0 Å². The Labute approximate surface area is 84.8 Å². The van der Waals surface area contributed by atoms with Gasteiger partial charge < -0.3 is 14.3 Å². The van der Waals surface area contributed by atoms with Crippen LogP contribution in [0.1, 0.15) is 0 Å². The SMILES string of the molecule is OP(O)(=S)OC1=CSCCSC1. The minimum atomic E-state index is -3.52. The molecule has 1 rings (SSSR count). The van der Waals surface area contributed by atoms with Gasteiger partial charge in [-0.25, -0.2) is 0 Å². The molecule has 1 heterocycles. The monoisotopic (exact) mass is 244 g/mol. The van der Waals surface area contributed by atoms with Crippen LogP contribution >= 0.6 is 30.2 Å². The van der Waals surface area contributed by atoms with Crippen molar-refractivity contribution in [1.29, 1.82) is 0 Å². The topological polar surface area (TPSA) is 49.7 Å². The van der Waals surface area contributed by atoms with Crippen LogP contribution < -0.4 is 0 Å². The molecule has 0 aromatic rings. The summed E-state index contributed by atoms with van der Waals surface area (Å²) in [4.78, 5) is 17.7. The quantitative estimate of drug-likeness (QED) is 0.718. The van der Waals surface area contributed by atoms with Crippen LogP contribution in [0, 0.1) is 0 Å². The van der Waals surface area contributed by atoms with Crippen molar-refractivity contribution in [2.75, 3.05) is 17.3 Å². The first kappa shape index (κ1) is 10.9. The van der Waals surface area contributed by atoms with Gasteiger partial charge in [-0.1, -0.05) is 0 Å². The van der Waals surface area contributed by atoms with Crippen LogP contribution in [0.2, 0.25) is 0 Å². The van der Waals surface area contributed by atoms with Crippen molar-refractivity contribution in [2.45, 2.75) is 0 Å². The average Bonchev–Trinajstić information content (AvgIpc) is 2.12. The number of hydrogen-bond donors (Lipinski definition) is 2. The predicted molar refractivity (Wildman–Crippen MR) is 57.7 cm³/mol. The molecule has 0 aliphatic carbocycles. The normalized spacial score (nSPS) is 19.7. The summed E-state index contributed by atoms with van der Waals surface area (Å²) in [5.41, 5.74) is 0. The Hall–Kier alpha value is 0.810. The van der Waals surface area contributed by atoms with Gasteiger partial charge in [-0.05, 0) is 0 Å². The lowest BCUT2D eigenvalue weighted by atomic mass is 10.7. The van der Waals surface area contributed by atoms with E-state index in [4.69, 9.17) is 14.3 Å². The van der Waals surface area contributed by atoms with Crippen LogP contribution in [-0.4, -0.2) is 27.0 Å². The Morgan fingerprint density at radius 3 is 2.92 bits per heavy atom. The largest absolute Gasteiger partial charge is 0.427 e. The molecule has 0 bridgehead atoms. The van der Waals surface area contributed by atoms with Crippen molar-refractivity contribution in [3.63, 3.8) is 0 Å². The molecule has 1 aliphatic heterocycles. The highest BCUT2D eigenvalue weighted by atomic mass is 32.5. The molecule has 70 valence electrons. The molecule has 3 nitrogen and oxygen atoms in total. The van der Waals surface area contributed by atoms with Crippen molar-refractivity contribution < 1.29 is 14.3 Å². The molecule has 0 saturated heterocycles. The van der Waals surface area contributed by atoms with E-state index in [1.165, 1.54) is 0 Å². The van der Waals surface area contributed by atoms with Gasteiger partial charge >= 0.3 is 6.72 Å². The summed E-state index contributed by atoms with van der Waals surface area (Å²) in [7, 11) is 0. The maximum absolute atomic E-state index is 8.86. The molecule has 2 N–H and O–H groups in total. The Balaban J connectivity index is 2.50. The first-order chi connectivity index (χ1) is 5.58. The van der Waals surface area contributed by atoms with Crippen LogP contribution in [0.3, 0.4) is 0 Å². The molecule has 0 saturated carbocycles. The highest BCUT2D eigenvalue weighted by Crippen LogP contribution is 2.41. The van der Waals surface area contributed by atoms with E-state index in [-0.39, 0.29) is 0 Å². The lowest BCUT2D eigenvalue weighted by Crippen LogP contribution is -1.92. The molecule has 1 aliphatic rings. The first-order valence-corrected chi connectivity index (χ1v) is 8.04. The van der Waals surface area contributed by atoms with Crippen molar-refractivity contribution in [3.05, 3.63) is 11.2 Å². The van der Waals surface area contributed by atoms with Gasteiger partial charge in [0.25, 0.3) is 0 Å². The van der Waals surface area contributed by atoms with Gasteiger partial charge in [0.1, 0.15) is 5.76 Å². The van der Waals surface area contributed by atoms with Gasteiger partial charge in [0.2, 0.25) is 0 Å². The van der Waals surface area contributed by atoms with Gasteiger partial charge in [-0.3, -0.25) is 0 Å². The summed E-state index contributed by atoms with van der Waals surface area (Å²) in [6, 6.07) is 0. The van der Waals surface area contributed by atoms with Gasteiger partial charge in [0.15, 0.2) is 0 Å². The molecule has 12 heavy (non-hydrogen) atoms. The van der Waals surface area contributed by atoms with E-state index in [0.29, 0.717) is 11.5 Å². The maximum atomic E-state index is 8.86. The fourth-order valence-corrected chi connectivity index (χ4v) is 3.42. The van der Waals surface area contributed by atoms with E-state index in [2.05, 4.69) is 11.8 Å². The molecule has 0 aromatic carbocycles. The van der Waals surface area contributed by atoms with E-state index < -0.39 is 6.72 Å². The predicted octanol–water partition coefficient (Wildman–Crippen LogP) is 1.53. The molecular weight excluding hydrogens is 235 g/mol. The zero-order valence-electron chi connectivity index (χ0n) is 6.17. The molecule has 0 spiro atoms. The number of thioether (sulfide) groups is 2. The van der Waals surface area contributed by atoms with Gasteiger partial charge in [0.05, 0.1) is 5.75 Å². The first-order valence-electron chi connectivity index (χ1n) is 3.21. The molecule has 0 aromatic heterocycles. The van der Waals surface area contributed by atoms with Crippen molar-refractivity contribution in [2.24, 2.45) is 0 Å². The second-order valence-electron chi connectivity index (χ2n) is 2.09. The Kier molecular flexibility index (Phi) is 4.43. The van der Waals surface area contributed by atoms with Gasteiger partial charge in [0, 0.05) is 28.7 Å². The van der Waals surface area contributed by atoms with E-state index in [9.17, 15) is 0 Å². The van der Waals surface area contributed by atoms with Crippen LogP contribution in [0.15, 0.2) is 11.2 Å². The summed E-state index contributed by atoms with van der Waals surface area (Å²) in [6.07, 6.45) is 0. The fourth-order valence-electron chi connectivity index (χ4n) is 0.666. The summed E-state index contributed by atoms with van der Waals surface area (Å²) in [5.74, 6) is 3.33. The molecular formula is C5H9O3PS3. The molecule has 0 fully saturated rings. The molecule has 0 atom stereocenters. The smallest absolute Gasteiger partial charge is 0.374 e. The molecule has 0 radical (unpaired) electrons. The van der Waals surface area contributed by atoms with E-state index in [0.717, 1.165) is 11.5 Å². The van der Waals surface area contributed by atoms with E-state index >= 15 is 0 Å². The summed E-state index contributed by atoms with van der Waals surface area (Å²) < 4.78 is 4.82. The minimum absolute atomic E-state index is 0.579. The fraction of sp³-hybridized carbons (Fsp3) is 0.600. The number of hydrogen-bond acceptors (Lipinski definition) is 4. The average molecular weight is 244 g/mol. The third-order valence-electron chi connectivity index (χ3n) is 1.04. The minimum Gasteiger partial charge on any atom is -0.427 e. The maximum Gasteiger partial charge on any atom is 0.374 e. The second kappa shape index (κ2) is 4.88. The Morgan fingerprint density at radius 2 is 2.25 bits per heavy atom. The zero-order valence-corrected chi connectivity index (χ0v) is 9.52. The van der Waals surface area contributed by atoms with E-state index in [1.54, 1.807) is 28.9 Å². The van der Waals surface area contributed by atoms with Gasteiger partial charge in [-0.2, -0.15) is 11.8 Å². The van der Waals surface area contributed by atoms with Crippen molar-refractivity contribution >= 4 is 42.0 Å². The Morgan fingerprint density at radius 1 is 1.50 bits per heavy atom. The van der Waals surface area contributed by atoms with Crippen LogP contribution in [0.4, 0.5) is 0 Å². The summed E-state index contributed by atoms with van der Waals surface area (Å²) in [6.45, 7) is -3.52. The summed E-state index contributed by atoms with van der Waals surface area (Å²) >= 11 is 7.66. The van der Waals surface area contributed by atoms with E-state index in [1.807, 2.05) is 0 Å². The van der Waals surface area contributed by atoms with Crippen LogP contribution in [-0.2, 0) is 16.3 Å². The summed E-state index contributed by atoms with van der Waals surface area (Å²) in [5, 5.41) is 1.80. The third-order valence-corrected chi connectivity index (χ3v) is 3.85. The van der Waals surface area contributed by atoms with Crippen LogP contribution in [0.25, 0.3) is 0 Å². The van der Waals surface area contributed by atoms with Crippen LogP contribution in [0.5, 0.6) is 0 Å². The highest BCUT2D eigenvalue weighted by molar-refractivity contribution is 8.07. The highest BCUT2D eigenvalue weighted by Gasteiger charge is 2.13.